The third kappa shape index (κ3) is 4.82. The fourth-order valence-electron chi connectivity index (χ4n) is 4.52. The molecule has 33 heavy (non-hydrogen) atoms. The van der Waals surface area contributed by atoms with Gasteiger partial charge in [-0.1, -0.05) is 29.8 Å². The first kappa shape index (κ1) is 22.7. The summed E-state index contributed by atoms with van der Waals surface area (Å²) in [6, 6.07) is 25.0. The highest BCUT2D eigenvalue weighted by atomic mass is 16.5. The molecule has 3 aromatic carbocycles. The summed E-state index contributed by atoms with van der Waals surface area (Å²) in [5.41, 5.74) is 4.45. The number of aryl methyl sites for hydroxylation is 1. The number of benzene rings is 3. The van der Waals surface area contributed by atoms with Crippen molar-refractivity contribution >= 4 is 17.3 Å². The quantitative estimate of drug-likeness (QED) is 0.459. The van der Waals surface area contributed by atoms with Gasteiger partial charge < -0.3 is 19.3 Å². The molecule has 0 aromatic heterocycles. The molecule has 1 saturated heterocycles. The Kier molecular flexibility index (Phi) is 6.59. The van der Waals surface area contributed by atoms with E-state index in [0.717, 1.165) is 48.3 Å². The number of guanidine groups is 1. The van der Waals surface area contributed by atoms with Gasteiger partial charge in [0.2, 0.25) is 5.96 Å². The molecule has 5 nitrogen and oxygen atoms in total. The van der Waals surface area contributed by atoms with Crippen molar-refractivity contribution < 1.29 is 9.47 Å². The Morgan fingerprint density at radius 1 is 0.848 bits per heavy atom. The van der Waals surface area contributed by atoms with Crippen LogP contribution in [0, 0.1) is 6.92 Å². The largest absolute Gasteiger partial charge is 0.497 e. The van der Waals surface area contributed by atoms with E-state index in [9.17, 15) is 0 Å². The number of hydrogen-bond acceptors (Lipinski definition) is 3. The lowest BCUT2D eigenvalue weighted by atomic mass is 9.91. The number of nitrogens with zero attached hydrogens (tertiary/aromatic N) is 3. The molecule has 1 atom stereocenters. The Balaban J connectivity index is 1.79. The Hall–Kier alpha value is -3.47. The van der Waals surface area contributed by atoms with Crippen LogP contribution in [0.2, 0.25) is 0 Å². The van der Waals surface area contributed by atoms with Gasteiger partial charge in [-0.05, 0) is 81.3 Å². The van der Waals surface area contributed by atoms with E-state index in [1.807, 2.05) is 36.4 Å². The Bertz CT molecular complexity index is 1090. The molecule has 172 valence electrons. The third-order valence-corrected chi connectivity index (χ3v) is 6.27. The van der Waals surface area contributed by atoms with Crippen LogP contribution in [0.25, 0.3) is 0 Å². The van der Waals surface area contributed by atoms with Crippen molar-refractivity contribution in [2.45, 2.75) is 32.7 Å². The standard InChI is InChI=1S/C28H33N3O2/c1-6-30-20-28(3,19-22-9-7-21(2)8-10-22)31(24-13-17-26(33-5)18-14-24)27(30)29-23-11-15-25(32-4)16-12-23/h7-18H,6,19-20H2,1-5H3. The van der Waals surface area contributed by atoms with E-state index in [4.69, 9.17) is 14.5 Å². The number of methoxy groups -OCH3 is 2. The Morgan fingerprint density at radius 3 is 1.97 bits per heavy atom. The predicted molar refractivity (Wildman–Crippen MR) is 136 cm³/mol. The van der Waals surface area contributed by atoms with E-state index in [0.29, 0.717) is 0 Å². The maximum atomic E-state index is 5.41. The molecule has 1 aliphatic heterocycles. The van der Waals surface area contributed by atoms with Crippen LogP contribution in [-0.2, 0) is 6.42 Å². The monoisotopic (exact) mass is 443 g/mol. The maximum Gasteiger partial charge on any atom is 0.207 e. The lowest BCUT2D eigenvalue weighted by molar-refractivity contribution is 0.380. The lowest BCUT2D eigenvalue weighted by Crippen LogP contribution is -2.47. The van der Waals surface area contributed by atoms with E-state index in [2.05, 4.69) is 67.0 Å². The second kappa shape index (κ2) is 9.57. The number of aliphatic imine (C=N–C) groups is 1. The minimum Gasteiger partial charge on any atom is -0.497 e. The second-order valence-electron chi connectivity index (χ2n) is 8.82. The Labute approximate surface area is 197 Å². The summed E-state index contributed by atoms with van der Waals surface area (Å²) in [6.45, 7) is 8.41. The zero-order valence-electron chi connectivity index (χ0n) is 20.2. The van der Waals surface area contributed by atoms with Crippen molar-refractivity contribution in [2.24, 2.45) is 4.99 Å². The number of hydrogen-bond donors (Lipinski definition) is 0. The zero-order chi connectivity index (χ0) is 23.4. The molecule has 4 rings (SSSR count). The van der Waals surface area contributed by atoms with Gasteiger partial charge in [-0.15, -0.1) is 0 Å². The maximum absolute atomic E-state index is 5.41. The molecule has 1 unspecified atom stereocenters. The molecule has 1 heterocycles. The van der Waals surface area contributed by atoms with Gasteiger partial charge in [0.15, 0.2) is 0 Å². The molecule has 1 fully saturated rings. The van der Waals surface area contributed by atoms with Gasteiger partial charge in [-0.25, -0.2) is 4.99 Å². The van der Waals surface area contributed by atoms with Crippen molar-refractivity contribution in [3.05, 3.63) is 83.9 Å². The highest BCUT2D eigenvalue weighted by Gasteiger charge is 2.45. The fourth-order valence-corrected chi connectivity index (χ4v) is 4.52. The van der Waals surface area contributed by atoms with Gasteiger partial charge in [0, 0.05) is 18.8 Å². The van der Waals surface area contributed by atoms with Crippen LogP contribution >= 0.6 is 0 Å². The van der Waals surface area contributed by atoms with Crippen LogP contribution in [0.3, 0.4) is 0 Å². The summed E-state index contributed by atoms with van der Waals surface area (Å²) < 4.78 is 10.7. The number of ether oxygens (including phenoxy) is 2. The van der Waals surface area contributed by atoms with Crippen LogP contribution < -0.4 is 14.4 Å². The van der Waals surface area contributed by atoms with Crippen molar-refractivity contribution in [3.8, 4) is 11.5 Å². The first-order valence-corrected chi connectivity index (χ1v) is 11.4. The van der Waals surface area contributed by atoms with E-state index < -0.39 is 0 Å². The van der Waals surface area contributed by atoms with E-state index >= 15 is 0 Å². The number of likely N-dealkylation sites (N-methyl/N-ethyl adjacent to an activating group) is 1. The third-order valence-electron chi connectivity index (χ3n) is 6.27. The molecule has 3 aromatic rings. The van der Waals surface area contributed by atoms with Gasteiger partial charge in [0.05, 0.1) is 25.4 Å². The molecule has 0 amide bonds. The zero-order valence-corrected chi connectivity index (χ0v) is 20.2. The van der Waals surface area contributed by atoms with Gasteiger partial charge in [0.25, 0.3) is 0 Å². The predicted octanol–water partition coefficient (Wildman–Crippen LogP) is 5.84. The molecule has 1 aliphatic rings. The van der Waals surface area contributed by atoms with E-state index in [1.165, 1.54) is 11.1 Å². The number of anilines is 1. The molecule has 0 saturated carbocycles. The summed E-state index contributed by atoms with van der Waals surface area (Å²) in [7, 11) is 3.38. The minimum absolute atomic E-state index is 0.162. The number of rotatable bonds is 7. The lowest BCUT2D eigenvalue weighted by Gasteiger charge is -2.35. The first-order valence-electron chi connectivity index (χ1n) is 11.4. The normalized spacial score (nSPS) is 19.2. The van der Waals surface area contributed by atoms with Crippen molar-refractivity contribution in [2.75, 3.05) is 32.2 Å². The summed E-state index contributed by atoms with van der Waals surface area (Å²) in [6.07, 6.45) is 0.914. The van der Waals surface area contributed by atoms with Gasteiger partial charge >= 0.3 is 0 Å². The summed E-state index contributed by atoms with van der Waals surface area (Å²) in [4.78, 5) is 9.87. The molecule has 0 aliphatic carbocycles. The van der Waals surface area contributed by atoms with Crippen molar-refractivity contribution in [1.29, 1.82) is 0 Å². The van der Waals surface area contributed by atoms with Crippen molar-refractivity contribution in [3.63, 3.8) is 0 Å². The highest BCUT2D eigenvalue weighted by molar-refractivity contribution is 6.01. The first-order chi connectivity index (χ1) is 16.0. The van der Waals surface area contributed by atoms with Crippen LogP contribution in [0.1, 0.15) is 25.0 Å². The Morgan fingerprint density at radius 2 is 1.42 bits per heavy atom. The van der Waals surface area contributed by atoms with E-state index in [1.54, 1.807) is 14.2 Å². The molecule has 0 spiro atoms. The fraction of sp³-hybridized carbons (Fsp3) is 0.321. The minimum atomic E-state index is -0.162. The topological polar surface area (TPSA) is 37.3 Å². The van der Waals surface area contributed by atoms with Gasteiger partial charge in [-0.3, -0.25) is 0 Å². The smallest absolute Gasteiger partial charge is 0.207 e. The molecule has 5 heteroatoms. The molecular weight excluding hydrogens is 410 g/mol. The summed E-state index contributed by atoms with van der Waals surface area (Å²) in [5.74, 6) is 2.63. The summed E-state index contributed by atoms with van der Waals surface area (Å²) in [5, 5.41) is 0. The highest BCUT2D eigenvalue weighted by Crippen LogP contribution is 2.37. The summed E-state index contributed by atoms with van der Waals surface area (Å²) >= 11 is 0. The van der Waals surface area contributed by atoms with Gasteiger partial charge in [0.1, 0.15) is 11.5 Å². The molecule has 0 bridgehead atoms. The second-order valence-corrected chi connectivity index (χ2v) is 8.82. The molecule has 0 radical (unpaired) electrons. The van der Waals surface area contributed by atoms with Crippen LogP contribution in [0.5, 0.6) is 11.5 Å². The molecular formula is C28H33N3O2. The molecule has 0 N–H and O–H groups in total. The van der Waals surface area contributed by atoms with Gasteiger partial charge in [-0.2, -0.15) is 0 Å². The van der Waals surface area contributed by atoms with Crippen LogP contribution in [-0.4, -0.2) is 43.7 Å². The van der Waals surface area contributed by atoms with E-state index in [-0.39, 0.29) is 5.54 Å². The SMILES string of the molecule is CCN1CC(C)(Cc2ccc(C)cc2)N(c2ccc(OC)cc2)C1=Nc1ccc(OC)cc1. The van der Waals surface area contributed by atoms with Crippen molar-refractivity contribution in [1.82, 2.24) is 4.90 Å². The average Bonchev–Trinajstić information content (AvgIpc) is 3.12. The average molecular weight is 444 g/mol. The van der Waals surface area contributed by atoms with Crippen LogP contribution in [0.15, 0.2) is 77.8 Å². The van der Waals surface area contributed by atoms with Crippen LogP contribution in [0.4, 0.5) is 11.4 Å².